The first-order valence-electron chi connectivity index (χ1n) is 11.1. The second-order valence-electron chi connectivity index (χ2n) is 8.19. The maximum Gasteiger partial charge on any atom is 0.173 e. The van der Waals surface area contributed by atoms with E-state index in [9.17, 15) is 0 Å². The zero-order chi connectivity index (χ0) is 22.6. The fourth-order valence-electron chi connectivity index (χ4n) is 4.56. The largest absolute Gasteiger partial charge is 0.493 e. The fraction of sp³-hybridized carbons (Fsp3) is 0.269. The molecular formula is C26H28ClN5O2. The van der Waals surface area contributed by atoms with Gasteiger partial charge >= 0.3 is 0 Å². The van der Waals surface area contributed by atoms with E-state index in [1.165, 1.54) is 11.1 Å². The molecular weight excluding hydrogens is 450 g/mol. The molecule has 5 rings (SSSR count). The van der Waals surface area contributed by atoms with E-state index in [1.807, 2.05) is 35.0 Å². The van der Waals surface area contributed by atoms with E-state index in [0.717, 1.165) is 36.5 Å². The lowest BCUT2D eigenvalue weighted by molar-refractivity contribution is 0.194. The molecule has 0 fully saturated rings. The molecule has 1 aliphatic rings. The lowest BCUT2D eigenvalue weighted by atomic mass is 9.95. The first-order chi connectivity index (χ1) is 16.3. The van der Waals surface area contributed by atoms with Crippen molar-refractivity contribution in [2.24, 2.45) is 0 Å². The molecule has 4 aromatic rings. The summed E-state index contributed by atoms with van der Waals surface area (Å²) in [6.45, 7) is 2.35. The van der Waals surface area contributed by atoms with Crippen LogP contribution < -0.4 is 9.47 Å². The molecule has 1 atom stereocenters. The summed E-state index contributed by atoms with van der Waals surface area (Å²) in [5, 5.41) is 12.9. The molecule has 0 saturated carbocycles. The van der Waals surface area contributed by atoms with Crippen LogP contribution in [0.5, 0.6) is 11.5 Å². The highest BCUT2D eigenvalue weighted by Gasteiger charge is 2.31. The van der Waals surface area contributed by atoms with Gasteiger partial charge in [-0.1, -0.05) is 60.7 Å². The molecule has 0 bridgehead atoms. The second kappa shape index (κ2) is 10.7. The van der Waals surface area contributed by atoms with E-state index in [2.05, 4.69) is 62.9 Å². The van der Waals surface area contributed by atoms with Crippen LogP contribution in [0.4, 0.5) is 0 Å². The minimum atomic E-state index is -0.128. The van der Waals surface area contributed by atoms with Gasteiger partial charge < -0.3 is 9.47 Å². The molecule has 0 N–H and O–H groups in total. The van der Waals surface area contributed by atoms with Crippen LogP contribution >= 0.6 is 12.4 Å². The number of nitrogens with zero attached hydrogens (tertiary/aromatic N) is 5. The minimum absolute atomic E-state index is 0. The first-order valence-corrected chi connectivity index (χ1v) is 11.1. The second-order valence-corrected chi connectivity index (χ2v) is 8.19. The maximum atomic E-state index is 5.61. The molecule has 3 aromatic carbocycles. The number of halogens is 1. The summed E-state index contributed by atoms with van der Waals surface area (Å²) < 4.78 is 13.0. The molecule has 7 nitrogen and oxygen atoms in total. The average Bonchev–Trinajstić information content (AvgIpc) is 3.32. The summed E-state index contributed by atoms with van der Waals surface area (Å²) in [6.07, 6.45) is 0.986. The standard InChI is InChI=1S/C26H27N5O2.ClH/c1-32-23-13-12-21(16-24(23)33-2)25(30-15-14-20-10-6-7-11-22(20)18-30)26-27-28-29-31(26)17-19-8-4-3-5-9-19;/h3-13,16,25H,14-15,17-18H2,1-2H3;1H. The van der Waals surface area contributed by atoms with Crippen molar-refractivity contribution in [3.63, 3.8) is 0 Å². The van der Waals surface area contributed by atoms with Gasteiger partial charge in [0, 0.05) is 13.1 Å². The highest BCUT2D eigenvalue weighted by Crippen LogP contribution is 2.36. The number of hydrogen-bond donors (Lipinski definition) is 0. The minimum Gasteiger partial charge on any atom is -0.493 e. The number of tetrazole rings is 1. The SMILES string of the molecule is COc1ccc(C(c2nnnn2Cc2ccccc2)N2CCc3ccccc3C2)cc1OC.Cl. The summed E-state index contributed by atoms with van der Waals surface area (Å²) in [4.78, 5) is 2.44. The van der Waals surface area contributed by atoms with Gasteiger partial charge in [-0.2, -0.15) is 0 Å². The average molecular weight is 478 g/mol. The Morgan fingerprint density at radius 2 is 1.62 bits per heavy atom. The van der Waals surface area contributed by atoms with Gasteiger partial charge in [0.2, 0.25) is 0 Å². The van der Waals surface area contributed by atoms with E-state index < -0.39 is 0 Å². The van der Waals surface area contributed by atoms with Crippen LogP contribution in [0.2, 0.25) is 0 Å². The zero-order valence-corrected chi connectivity index (χ0v) is 20.1. The molecule has 1 unspecified atom stereocenters. The Bertz CT molecular complexity index is 1230. The maximum absolute atomic E-state index is 5.61. The number of aromatic nitrogens is 4. The monoisotopic (exact) mass is 477 g/mol. The fourth-order valence-corrected chi connectivity index (χ4v) is 4.56. The van der Waals surface area contributed by atoms with Crippen LogP contribution in [0.3, 0.4) is 0 Å². The number of ether oxygens (including phenoxy) is 2. The van der Waals surface area contributed by atoms with Crippen LogP contribution in [0.15, 0.2) is 72.8 Å². The smallest absolute Gasteiger partial charge is 0.173 e. The van der Waals surface area contributed by atoms with Crippen molar-refractivity contribution in [1.82, 2.24) is 25.1 Å². The van der Waals surface area contributed by atoms with Crippen molar-refractivity contribution in [2.45, 2.75) is 25.6 Å². The quantitative estimate of drug-likeness (QED) is 0.395. The highest BCUT2D eigenvalue weighted by atomic mass is 35.5. The van der Waals surface area contributed by atoms with E-state index in [1.54, 1.807) is 14.2 Å². The molecule has 2 heterocycles. The van der Waals surface area contributed by atoms with Crippen LogP contribution in [-0.2, 0) is 19.5 Å². The molecule has 8 heteroatoms. The van der Waals surface area contributed by atoms with Gasteiger partial charge in [0.1, 0.15) is 0 Å². The van der Waals surface area contributed by atoms with Crippen molar-refractivity contribution in [2.75, 3.05) is 20.8 Å². The van der Waals surface area contributed by atoms with Gasteiger partial charge in [-0.3, -0.25) is 4.90 Å². The van der Waals surface area contributed by atoms with Crippen molar-refractivity contribution in [3.8, 4) is 11.5 Å². The molecule has 176 valence electrons. The van der Waals surface area contributed by atoms with Gasteiger partial charge in [0.25, 0.3) is 0 Å². The van der Waals surface area contributed by atoms with E-state index in [4.69, 9.17) is 9.47 Å². The van der Waals surface area contributed by atoms with Gasteiger partial charge in [-0.05, 0) is 51.2 Å². The van der Waals surface area contributed by atoms with Crippen LogP contribution in [0, 0.1) is 0 Å². The van der Waals surface area contributed by atoms with Crippen molar-refractivity contribution in [3.05, 3.63) is 101 Å². The summed E-state index contributed by atoms with van der Waals surface area (Å²) in [5.41, 5.74) is 4.97. The predicted molar refractivity (Wildman–Crippen MR) is 133 cm³/mol. The van der Waals surface area contributed by atoms with Crippen LogP contribution in [0.25, 0.3) is 0 Å². The van der Waals surface area contributed by atoms with Gasteiger partial charge in [0.15, 0.2) is 17.3 Å². The van der Waals surface area contributed by atoms with Gasteiger partial charge in [-0.15, -0.1) is 17.5 Å². The van der Waals surface area contributed by atoms with Crippen molar-refractivity contribution >= 4 is 12.4 Å². The molecule has 0 amide bonds. The number of methoxy groups -OCH3 is 2. The number of benzene rings is 3. The molecule has 1 aliphatic heterocycles. The summed E-state index contributed by atoms with van der Waals surface area (Å²) in [7, 11) is 3.31. The molecule has 0 spiro atoms. The summed E-state index contributed by atoms with van der Waals surface area (Å²) in [5.74, 6) is 2.21. The number of rotatable bonds is 7. The Morgan fingerprint density at radius 1 is 0.882 bits per heavy atom. The van der Waals surface area contributed by atoms with Crippen LogP contribution in [0.1, 0.15) is 34.1 Å². The molecule has 34 heavy (non-hydrogen) atoms. The Hall–Kier alpha value is -3.42. The summed E-state index contributed by atoms with van der Waals surface area (Å²) >= 11 is 0. The van der Waals surface area contributed by atoms with Gasteiger partial charge in [0.05, 0.1) is 26.8 Å². The third-order valence-corrected chi connectivity index (χ3v) is 6.23. The predicted octanol–water partition coefficient (Wildman–Crippen LogP) is 4.31. The first kappa shape index (κ1) is 23.7. The molecule has 0 radical (unpaired) electrons. The van der Waals surface area contributed by atoms with Crippen molar-refractivity contribution < 1.29 is 9.47 Å². The summed E-state index contributed by atoms with van der Waals surface area (Å²) in [6, 6.07) is 24.8. The zero-order valence-electron chi connectivity index (χ0n) is 19.3. The Morgan fingerprint density at radius 3 is 2.38 bits per heavy atom. The highest BCUT2D eigenvalue weighted by molar-refractivity contribution is 5.85. The third-order valence-electron chi connectivity index (χ3n) is 6.23. The normalized spacial score (nSPS) is 14.1. The molecule has 1 aromatic heterocycles. The van der Waals surface area contributed by atoms with Gasteiger partial charge in [-0.25, -0.2) is 4.68 Å². The lowest BCUT2D eigenvalue weighted by Gasteiger charge is -2.35. The number of hydrogen-bond acceptors (Lipinski definition) is 6. The third kappa shape index (κ3) is 4.76. The van der Waals surface area contributed by atoms with E-state index >= 15 is 0 Å². The Kier molecular flexibility index (Phi) is 7.45. The lowest BCUT2D eigenvalue weighted by Crippen LogP contribution is -2.36. The molecule has 0 saturated heterocycles. The molecule has 0 aliphatic carbocycles. The van der Waals surface area contributed by atoms with Crippen molar-refractivity contribution in [1.29, 1.82) is 0 Å². The van der Waals surface area contributed by atoms with E-state index in [-0.39, 0.29) is 18.4 Å². The Labute approximate surface area is 205 Å². The van der Waals surface area contributed by atoms with E-state index in [0.29, 0.717) is 18.0 Å². The number of fused-ring (bicyclic) bond motifs is 1. The topological polar surface area (TPSA) is 65.3 Å². The van der Waals surface area contributed by atoms with Crippen LogP contribution in [-0.4, -0.2) is 45.9 Å². The Balaban J connectivity index is 0.00000274.